The number of carbonyl (C=O) groups is 2. The molecule has 0 radical (unpaired) electrons. The molecule has 6 aliphatic rings. The first-order chi connectivity index (χ1) is 21.3. The van der Waals surface area contributed by atoms with E-state index in [0.717, 1.165) is 38.5 Å². The number of hydrogen-bond acceptors (Lipinski definition) is 5. The molecule has 2 bridgehead atoms. The minimum atomic E-state index is -0.797. The second-order valence-electron chi connectivity index (χ2n) is 18.2. The van der Waals surface area contributed by atoms with E-state index < -0.39 is 35.0 Å². The number of ether oxygens (including phenoxy) is 1. The molecule has 6 rings (SSSR count). The Hall–Kier alpha value is -1.86. The number of aliphatic hydroxyl groups excluding tert-OH is 1. The van der Waals surface area contributed by atoms with Crippen LogP contribution in [0.5, 0.6) is 0 Å². The number of nitrogens with zero attached hydrogens (tertiary/aromatic N) is 1. The zero-order chi connectivity index (χ0) is 34.0. The molecule has 2 heterocycles. The Kier molecular flexibility index (Phi) is 9.43. The summed E-state index contributed by atoms with van der Waals surface area (Å²) in [4.78, 5) is 35.2. The summed E-state index contributed by atoms with van der Waals surface area (Å²) in [5, 5.41) is 15.7. The third kappa shape index (κ3) is 5.77. The smallest absolute Gasteiger partial charge is 0.408 e. The highest BCUT2D eigenvalue weighted by Crippen LogP contribution is 2.73. The summed E-state index contributed by atoms with van der Waals surface area (Å²) in [6, 6.07) is -0.797. The van der Waals surface area contributed by atoms with Crippen molar-refractivity contribution in [2.45, 2.75) is 156 Å². The van der Waals surface area contributed by atoms with Crippen molar-refractivity contribution in [1.82, 2.24) is 10.4 Å². The van der Waals surface area contributed by atoms with E-state index >= 15 is 0 Å². The van der Waals surface area contributed by atoms with Crippen molar-refractivity contribution in [3.05, 3.63) is 24.3 Å². The number of carbonyl (C=O) groups excluding carboxylic acids is 2. The molecule has 4 aliphatic carbocycles. The van der Waals surface area contributed by atoms with Gasteiger partial charge < -0.3 is 15.2 Å². The minimum absolute atomic E-state index is 0.0777. The van der Waals surface area contributed by atoms with Crippen LogP contribution in [0.2, 0.25) is 0 Å². The molecule has 7 nitrogen and oxygen atoms in total. The topological polar surface area (TPSA) is 88.1 Å². The van der Waals surface area contributed by atoms with Crippen molar-refractivity contribution < 1.29 is 24.3 Å². The maximum Gasteiger partial charge on any atom is 0.408 e. The fourth-order valence-corrected chi connectivity index (χ4v) is 10.6. The third-order valence-corrected chi connectivity index (χ3v) is 13.3. The van der Waals surface area contributed by atoms with Gasteiger partial charge in [0.1, 0.15) is 17.2 Å². The lowest BCUT2D eigenvalue weighted by Gasteiger charge is -2.73. The maximum absolute atomic E-state index is 14.8. The predicted octanol–water partition coefficient (Wildman–Crippen LogP) is 8.23. The van der Waals surface area contributed by atoms with Crippen LogP contribution in [0.1, 0.15) is 128 Å². The summed E-state index contributed by atoms with van der Waals surface area (Å²) < 4.78 is 5.61. The first-order valence-electron chi connectivity index (χ1n) is 18.4. The number of alkyl carbamates (subject to hydrolysis) is 1. The minimum Gasteiger partial charge on any atom is -0.444 e. The van der Waals surface area contributed by atoms with Crippen molar-refractivity contribution in [2.24, 2.45) is 52.3 Å². The van der Waals surface area contributed by atoms with Crippen LogP contribution in [0, 0.1) is 52.3 Å². The second kappa shape index (κ2) is 12.2. The van der Waals surface area contributed by atoms with Crippen molar-refractivity contribution in [3.8, 4) is 0 Å². The van der Waals surface area contributed by atoms with Crippen LogP contribution in [0.15, 0.2) is 24.3 Å². The third-order valence-electron chi connectivity index (χ3n) is 13.3. The lowest BCUT2D eigenvalue weighted by Crippen LogP contribution is -2.80. The van der Waals surface area contributed by atoms with Crippen LogP contribution in [0.25, 0.3) is 0 Å². The number of hydrogen-bond donors (Lipinski definition) is 2. The summed E-state index contributed by atoms with van der Waals surface area (Å²) in [7, 11) is 0. The highest BCUT2D eigenvalue weighted by Gasteiger charge is 2.76. The van der Waals surface area contributed by atoms with Crippen molar-refractivity contribution in [1.29, 1.82) is 0 Å². The molecule has 260 valence electrons. The lowest BCUT2D eigenvalue weighted by atomic mass is 9.41. The molecule has 2 aliphatic heterocycles. The molecule has 11 atom stereocenters. The highest BCUT2D eigenvalue weighted by atomic mass is 16.7. The Balaban J connectivity index is 1.53. The molecule has 4 fully saturated rings. The number of allylic oxidation sites excluding steroid dienone is 2. The number of rotatable bonds is 8. The summed E-state index contributed by atoms with van der Waals surface area (Å²) in [6.07, 6.45) is 15.3. The van der Waals surface area contributed by atoms with E-state index in [4.69, 9.17) is 9.57 Å². The predicted molar refractivity (Wildman–Crippen MR) is 182 cm³/mol. The Morgan fingerprint density at radius 2 is 1.70 bits per heavy atom. The quantitative estimate of drug-likeness (QED) is 0.261. The average Bonchev–Trinajstić information content (AvgIpc) is 3.31. The van der Waals surface area contributed by atoms with Crippen LogP contribution in [-0.4, -0.2) is 51.1 Å². The van der Waals surface area contributed by atoms with Gasteiger partial charge in [-0.15, -0.1) is 0 Å². The van der Waals surface area contributed by atoms with Crippen LogP contribution in [0.4, 0.5) is 4.79 Å². The van der Waals surface area contributed by atoms with Crippen LogP contribution in [-0.2, 0) is 14.4 Å². The van der Waals surface area contributed by atoms with Gasteiger partial charge in [0.2, 0.25) is 0 Å². The largest absolute Gasteiger partial charge is 0.444 e. The van der Waals surface area contributed by atoms with E-state index in [1.165, 1.54) is 0 Å². The molecule has 2 N–H and O–H groups in total. The van der Waals surface area contributed by atoms with Gasteiger partial charge in [-0.1, -0.05) is 79.7 Å². The standard InChI is InChI=1S/C39H64N2O5/c1-24(2)22-30(40-34(44)45-35(7,8)9)33(43)41-38-20-21-39(46-41)31-15-14-29(27(6)13-12-26(5)25(3)4)36(31,10)18-17-32(39)37(38,11)19-16-28(42)23-38/h12-13,20-21,24-32,42H,14-19,22-23H2,1-11H3,(H,40,44)/b13-12+/t26-,27+,28-,29+,30-,31+,32+,36+,37+,38+,39-/m0/s1. The number of aliphatic hydroxyl groups is 1. The van der Waals surface area contributed by atoms with Gasteiger partial charge in [0, 0.05) is 23.7 Å². The van der Waals surface area contributed by atoms with E-state index in [1.807, 2.05) is 20.8 Å². The van der Waals surface area contributed by atoms with Crippen LogP contribution >= 0.6 is 0 Å². The lowest BCUT2D eigenvalue weighted by molar-refractivity contribution is -0.387. The Morgan fingerprint density at radius 3 is 2.33 bits per heavy atom. The molecule has 46 heavy (non-hydrogen) atoms. The molecular formula is C39H64N2O5. The average molecular weight is 641 g/mol. The van der Waals surface area contributed by atoms with Crippen molar-refractivity contribution in [2.75, 3.05) is 0 Å². The van der Waals surface area contributed by atoms with Gasteiger partial charge in [0.05, 0.1) is 11.6 Å². The van der Waals surface area contributed by atoms with E-state index in [1.54, 1.807) is 5.06 Å². The van der Waals surface area contributed by atoms with Crippen LogP contribution in [0.3, 0.4) is 0 Å². The van der Waals surface area contributed by atoms with Crippen LogP contribution < -0.4 is 5.32 Å². The summed E-state index contributed by atoms with van der Waals surface area (Å²) in [5.41, 5.74) is -2.22. The normalized spacial score (nSPS) is 40.4. The summed E-state index contributed by atoms with van der Waals surface area (Å²) >= 11 is 0. The molecule has 2 spiro atoms. The molecule has 2 amide bonds. The molecule has 0 aromatic carbocycles. The molecule has 0 aromatic heterocycles. The molecule has 7 heteroatoms. The first-order valence-corrected chi connectivity index (χ1v) is 18.4. The second-order valence-corrected chi connectivity index (χ2v) is 18.2. The fourth-order valence-electron chi connectivity index (χ4n) is 10.6. The van der Waals surface area contributed by atoms with E-state index in [-0.39, 0.29) is 34.5 Å². The number of amides is 2. The maximum atomic E-state index is 14.8. The fraction of sp³-hybridized carbons (Fsp3) is 0.846. The van der Waals surface area contributed by atoms with Gasteiger partial charge >= 0.3 is 6.09 Å². The number of hydroxylamine groups is 2. The van der Waals surface area contributed by atoms with E-state index in [0.29, 0.717) is 36.5 Å². The molecule has 3 saturated carbocycles. The molecular weight excluding hydrogens is 576 g/mol. The van der Waals surface area contributed by atoms with Gasteiger partial charge in [-0.05, 0) is 101 Å². The Labute approximate surface area is 279 Å². The van der Waals surface area contributed by atoms with Gasteiger partial charge in [-0.2, -0.15) is 0 Å². The SMILES string of the molecule is CC(C)C[C@H](NC(=O)OC(C)(C)C)C(=O)N1O[C@]23C=C[C@]14C[C@@H](O)CC[C@]4(C)[C@H]2CC[C@]1(C)[C@@H]([C@H](C)/C=C/[C@H](C)C(C)C)CC[C@H]13. The number of fused-ring (bicyclic) bond motifs is 2. The molecule has 0 aromatic rings. The van der Waals surface area contributed by atoms with Crippen molar-refractivity contribution in [3.63, 3.8) is 0 Å². The van der Waals surface area contributed by atoms with Gasteiger partial charge in [0.15, 0.2) is 0 Å². The van der Waals surface area contributed by atoms with Crippen molar-refractivity contribution >= 4 is 12.0 Å². The molecule has 1 saturated heterocycles. The molecule has 0 unspecified atom stereocenters. The van der Waals surface area contributed by atoms with Gasteiger partial charge in [-0.3, -0.25) is 9.63 Å². The Bertz CT molecular complexity index is 1220. The summed E-state index contributed by atoms with van der Waals surface area (Å²) in [6.45, 7) is 23.7. The van der Waals surface area contributed by atoms with E-state index in [9.17, 15) is 14.7 Å². The van der Waals surface area contributed by atoms with Gasteiger partial charge in [-0.25, -0.2) is 9.86 Å². The van der Waals surface area contributed by atoms with E-state index in [2.05, 4.69) is 85.0 Å². The summed E-state index contributed by atoms with van der Waals surface area (Å²) in [5.74, 6) is 2.64. The monoisotopic (exact) mass is 640 g/mol. The first kappa shape index (κ1) is 35.4. The number of nitrogens with one attached hydrogen (secondary N) is 1. The van der Waals surface area contributed by atoms with Gasteiger partial charge in [0.25, 0.3) is 5.91 Å². The highest BCUT2D eigenvalue weighted by molar-refractivity contribution is 5.86. The zero-order valence-corrected chi connectivity index (χ0v) is 30.7. The Morgan fingerprint density at radius 1 is 1.00 bits per heavy atom. The zero-order valence-electron chi connectivity index (χ0n) is 30.7.